The number of carbonyl (C=O) groups is 1. The van der Waals surface area contributed by atoms with Gasteiger partial charge in [0.25, 0.3) is 0 Å². The van der Waals surface area contributed by atoms with E-state index in [1.807, 2.05) is 37.3 Å². The van der Waals surface area contributed by atoms with Gasteiger partial charge in [0.15, 0.2) is 0 Å². The number of nitrogens with one attached hydrogen (secondary N) is 1. The van der Waals surface area contributed by atoms with Crippen LogP contribution in [0.5, 0.6) is 5.75 Å². The zero-order chi connectivity index (χ0) is 17.1. The Balaban J connectivity index is 1.85. The minimum atomic E-state index is 0.0284. The Labute approximate surface area is 151 Å². The average Bonchev–Trinajstić information content (AvgIpc) is 3.39. The van der Waals surface area contributed by atoms with E-state index in [1.54, 1.807) is 0 Å². The van der Waals surface area contributed by atoms with Gasteiger partial charge in [0.2, 0.25) is 5.91 Å². The molecule has 3 rings (SSSR count). The first kappa shape index (κ1) is 17.0. The van der Waals surface area contributed by atoms with Gasteiger partial charge >= 0.3 is 0 Å². The molecule has 1 aliphatic carbocycles. The minimum Gasteiger partial charge on any atom is -0.488 e. The third-order valence-electron chi connectivity index (χ3n) is 4.28. The summed E-state index contributed by atoms with van der Waals surface area (Å²) in [6, 6.07) is 12.2. The monoisotopic (exact) mass is 387 g/mol. The van der Waals surface area contributed by atoms with E-state index in [0.29, 0.717) is 18.9 Å². The van der Waals surface area contributed by atoms with E-state index in [0.717, 1.165) is 21.5 Å². The molecule has 126 valence electrons. The fourth-order valence-corrected chi connectivity index (χ4v) is 3.38. The molecule has 0 radical (unpaired) electrons. The second kappa shape index (κ2) is 7.39. The van der Waals surface area contributed by atoms with Gasteiger partial charge in [-0.2, -0.15) is 0 Å². The van der Waals surface area contributed by atoms with E-state index in [-0.39, 0.29) is 5.91 Å². The normalized spacial score (nSPS) is 13.6. The smallest absolute Gasteiger partial charge is 0.224 e. The summed E-state index contributed by atoms with van der Waals surface area (Å²) in [4.78, 5) is 11.8. The predicted octanol–water partition coefficient (Wildman–Crippen LogP) is 5.56. The molecule has 24 heavy (non-hydrogen) atoms. The Morgan fingerprint density at radius 3 is 2.75 bits per heavy atom. The topological polar surface area (TPSA) is 38.3 Å². The zero-order valence-electron chi connectivity index (χ0n) is 14.1. The first-order valence-corrected chi connectivity index (χ1v) is 9.18. The number of hydrogen-bond donors (Lipinski definition) is 1. The van der Waals surface area contributed by atoms with E-state index in [2.05, 4.69) is 34.2 Å². The van der Waals surface area contributed by atoms with Gasteiger partial charge in [-0.3, -0.25) is 4.79 Å². The van der Waals surface area contributed by atoms with E-state index in [1.165, 1.54) is 24.0 Å². The van der Waals surface area contributed by atoms with Gasteiger partial charge < -0.3 is 10.1 Å². The number of aryl methyl sites for hydroxylation is 1. The van der Waals surface area contributed by atoms with E-state index in [4.69, 9.17) is 4.74 Å². The van der Waals surface area contributed by atoms with Crippen LogP contribution >= 0.6 is 15.9 Å². The molecule has 1 saturated carbocycles. The van der Waals surface area contributed by atoms with Crippen LogP contribution in [0.1, 0.15) is 48.8 Å². The number of anilines is 1. The van der Waals surface area contributed by atoms with E-state index in [9.17, 15) is 4.79 Å². The number of carbonyl (C=O) groups excluding carboxylic acids is 1. The van der Waals surface area contributed by atoms with Crippen molar-refractivity contribution >= 4 is 27.5 Å². The lowest BCUT2D eigenvalue weighted by atomic mass is 10.0. The summed E-state index contributed by atoms with van der Waals surface area (Å²) in [6.45, 7) is 4.36. The van der Waals surface area contributed by atoms with Gasteiger partial charge in [-0.1, -0.05) is 25.1 Å². The summed E-state index contributed by atoms with van der Waals surface area (Å²) in [5.41, 5.74) is 4.44. The lowest BCUT2D eigenvalue weighted by Gasteiger charge is -2.17. The molecular formula is C20H22BrNO2. The van der Waals surface area contributed by atoms with Crippen molar-refractivity contribution in [1.29, 1.82) is 0 Å². The van der Waals surface area contributed by atoms with Gasteiger partial charge in [0.1, 0.15) is 12.4 Å². The van der Waals surface area contributed by atoms with Crippen LogP contribution in [0.2, 0.25) is 0 Å². The zero-order valence-corrected chi connectivity index (χ0v) is 15.7. The molecule has 1 fully saturated rings. The molecule has 2 aromatic carbocycles. The van der Waals surface area contributed by atoms with Crippen molar-refractivity contribution in [3.8, 4) is 5.75 Å². The van der Waals surface area contributed by atoms with Crippen LogP contribution in [0.3, 0.4) is 0 Å². The maximum atomic E-state index is 11.8. The highest BCUT2D eigenvalue weighted by Crippen LogP contribution is 2.43. The number of amides is 1. The molecular weight excluding hydrogens is 366 g/mol. The number of rotatable bonds is 6. The fraction of sp³-hybridized carbons (Fsp3) is 0.350. The summed E-state index contributed by atoms with van der Waals surface area (Å²) in [7, 11) is 0. The lowest BCUT2D eigenvalue weighted by Crippen LogP contribution is -2.13. The van der Waals surface area contributed by atoms with Crippen LogP contribution in [0, 0.1) is 6.92 Å². The molecule has 0 aromatic heterocycles. The Bertz CT molecular complexity index is 753. The third kappa shape index (κ3) is 3.99. The molecule has 0 saturated heterocycles. The first-order valence-electron chi connectivity index (χ1n) is 8.39. The van der Waals surface area contributed by atoms with Crippen LogP contribution in [-0.4, -0.2) is 5.91 Å². The van der Waals surface area contributed by atoms with Crippen molar-refractivity contribution in [1.82, 2.24) is 0 Å². The fourth-order valence-electron chi connectivity index (χ4n) is 2.77. The molecule has 1 aliphatic rings. The largest absolute Gasteiger partial charge is 0.488 e. The van der Waals surface area contributed by atoms with Crippen LogP contribution in [0.15, 0.2) is 40.9 Å². The molecule has 1 amide bonds. The molecule has 0 aliphatic heterocycles. The van der Waals surface area contributed by atoms with E-state index < -0.39 is 0 Å². The maximum absolute atomic E-state index is 11.8. The van der Waals surface area contributed by atoms with Crippen molar-refractivity contribution in [3.63, 3.8) is 0 Å². The Morgan fingerprint density at radius 2 is 2.08 bits per heavy atom. The number of hydrogen-bond acceptors (Lipinski definition) is 2. The third-order valence-corrected chi connectivity index (χ3v) is 4.90. The highest BCUT2D eigenvalue weighted by Gasteiger charge is 2.27. The molecule has 0 spiro atoms. The van der Waals surface area contributed by atoms with Crippen LogP contribution in [-0.2, 0) is 11.4 Å². The molecule has 0 bridgehead atoms. The van der Waals surface area contributed by atoms with E-state index >= 15 is 0 Å². The summed E-state index contributed by atoms with van der Waals surface area (Å²) in [5, 5.41) is 3.01. The summed E-state index contributed by atoms with van der Waals surface area (Å²) in [5.74, 6) is 1.45. The van der Waals surface area contributed by atoms with Gasteiger partial charge in [-0.05, 0) is 70.9 Å². The highest BCUT2D eigenvalue weighted by molar-refractivity contribution is 9.10. The second-order valence-electron chi connectivity index (χ2n) is 6.27. The lowest BCUT2D eigenvalue weighted by molar-refractivity contribution is -0.115. The Morgan fingerprint density at radius 1 is 1.29 bits per heavy atom. The first-order chi connectivity index (χ1) is 11.6. The van der Waals surface area contributed by atoms with Gasteiger partial charge in [-0.15, -0.1) is 0 Å². The van der Waals surface area contributed by atoms with Crippen LogP contribution < -0.4 is 10.1 Å². The minimum absolute atomic E-state index is 0.0284. The number of benzene rings is 2. The second-order valence-corrected chi connectivity index (χ2v) is 7.13. The summed E-state index contributed by atoms with van der Waals surface area (Å²) < 4.78 is 7.00. The summed E-state index contributed by atoms with van der Waals surface area (Å²) in [6.07, 6.45) is 2.90. The molecule has 1 N–H and O–H groups in total. The van der Waals surface area contributed by atoms with Crippen LogP contribution in [0.25, 0.3) is 0 Å². The number of ether oxygens (including phenoxy) is 1. The molecule has 0 unspecified atom stereocenters. The van der Waals surface area contributed by atoms with Crippen molar-refractivity contribution in [3.05, 3.63) is 57.6 Å². The van der Waals surface area contributed by atoms with Crippen molar-refractivity contribution < 1.29 is 9.53 Å². The van der Waals surface area contributed by atoms with Crippen molar-refractivity contribution in [2.75, 3.05) is 5.32 Å². The molecule has 4 heteroatoms. The standard InChI is InChI=1S/C20H22BrNO2/c1-3-20(23)22-18-6-4-5-15(14-8-9-14)16(18)12-24-19-10-7-13(2)11-17(19)21/h4-7,10-11,14H,3,8-9,12H2,1-2H3,(H,22,23). The summed E-state index contributed by atoms with van der Waals surface area (Å²) >= 11 is 3.56. The SMILES string of the molecule is CCC(=O)Nc1cccc(C2CC2)c1COc1ccc(C)cc1Br. The highest BCUT2D eigenvalue weighted by atomic mass is 79.9. The number of halogens is 1. The van der Waals surface area contributed by atoms with Crippen LogP contribution in [0.4, 0.5) is 5.69 Å². The molecule has 0 atom stereocenters. The van der Waals surface area contributed by atoms with Crippen molar-refractivity contribution in [2.24, 2.45) is 0 Å². The molecule has 2 aromatic rings. The van der Waals surface area contributed by atoms with Gasteiger partial charge in [-0.25, -0.2) is 0 Å². The van der Waals surface area contributed by atoms with Gasteiger partial charge in [0.05, 0.1) is 4.47 Å². The Hall–Kier alpha value is -1.81. The molecule has 3 nitrogen and oxygen atoms in total. The quantitative estimate of drug-likeness (QED) is 0.703. The van der Waals surface area contributed by atoms with Crippen molar-refractivity contribution in [2.45, 2.75) is 45.6 Å². The maximum Gasteiger partial charge on any atom is 0.224 e. The predicted molar refractivity (Wildman–Crippen MR) is 101 cm³/mol. The molecule has 0 heterocycles. The Kier molecular flexibility index (Phi) is 5.24. The van der Waals surface area contributed by atoms with Gasteiger partial charge in [0, 0.05) is 17.7 Å². The average molecular weight is 388 g/mol.